The second-order valence-electron chi connectivity index (χ2n) is 14.1. The summed E-state index contributed by atoms with van der Waals surface area (Å²) < 4.78 is 67.6. The Morgan fingerprint density at radius 3 is 2.22 bits per heavy atom. The number of carbonyl (C=O) groups is 2. The number of hydrogen-bond acceptors (Lipinski definition) is 12. The van der Waals surface area contributed by atoms with E-state index in [1.54, 1.807) is 60.8 Å². The summed E-state index contributed by atoms with van der Waals surface area (Å²) in [5, 5.41) is 19.0. The van der Waals surface area contributed by atoms with E-state index >= 15 is 0 Å². The van der Waals surface area contributed by atoms with Crippen molar-refractivity contribution in [2.24, 2.45) is 0 Å². The lowest BCUT2D eigenvalue weighted by Gasteiger charge is -2.24. The van der Waals surface area contributed by atoms with Gasteiger partial charge in [0.25, 0.3) is 0 Å². The Morgan fingerprint density at radius 2 is 1.53 bits per heavy atom. The molecule has 18 heteroatoms. The number of carbonyl (C=O) groups excluding carboxylic acids is 1. The number of anilines is 5. The van der Waals surface area contributed by atoms with Crippen LogP contribution in [0.25, 0.3) is 10.8 Å². The van der Waals surface area contributed by atoms with E-state index in [0.29, 0.717) is 50.1 Å². The first kappa shape index (κ1) is 44.2. The smallest absolute Gasteiger partial charge is 0.329 e. The molecule has 0 saturated carbocycles. The fraction of sp³-hybridized carbons (Fsp3) is 0.293. The van der Waals surface area contributed by atoms with Crippen molar-refractivity contribution in [1.29, 1.82) is 0 Å². The van der Waals surface area contributed by atoms with Gasteiger partial charge >= 0.3 is 12.0 Å². The summed E-state index contributed by atoms with van der Waals surface area (Å²) >= 11 is 0. The number of ether oxygens (including phenoxy) is 5. The van der Waals surface area contributed by atoms with E-state index in [2.05, 4.69) is 25.7 Å². The molecular formula is C41H47N5O11S2. The van der Waals surface area contributed by atoms with Crippen LogP contribution in [0.5, 0.6) is 23.0 Å². The highest BCUT2D eigenvalue weighted by atomic mass is 32.2. The molecule has 1 heterocycles. The number of carboxylic acids is 1. The molecule has 4 aromatic carbocycles. The van der Waals surface area contributed by atoms with Crippen molar-refractivity contribution in [3.05, 3.63) is 90.6 Å². The molecule has 5 rings (SSSR count). The SMILES string of the molecule is COc1cc(Nc2cc(Oc3ccc(NC(=O)Nc4cc(C(C)(C)C)cc(NS(C)(=O)=O)c4OC)c4ccccc34)ccn2)cc(S(=O)CCOCCOCC(=O)O)c1. The highest BCUT2D eigenvalue weighted by Gasteiger charge is 2.23. The second-order valence-corrected chi connectivity index (χ2v) is 17.4. The third-order valence-corrected chi connectivity index (χ3v) is 10.3. The van der Waals surface area contributed by atoms with Crippen molar-refractivity contribution in [2.45, 2.75) is 31.1 Å². The van der Waals surface area contributed by atoms with Crippen LogP contribution >= 0.6 is 0 Å². The maximum absolute atomic E-state index is 13.5. The van der Waals surface area contributed by atoms with Crippen LogP contribution in [0.3, 0.4) is 0 Å². The van der Waals surface area contributed by atoms with Gasteiger partial charge in [0.2, 0.25) is 10.0 Å². The van der Waals surface area contributed by atoms with Crippen LogP contribution in [0.15, 0.2) is 90.0 Å². The summed E-state index contributed by atoms with van der Waals surface area (Å²) in [4.78, 5) is 29.0. The summed E-state index contributed by atoms with van der Waals surface area (Å²) in [5.74, 6) is 1.19. The summed E-state index contributed by atoms with van der Waals surface area (Å²) in [6.45, 7) is 5.97. The number of carboxylic acid groups (broad SMARTS) is 1. The van der Waals surface area contributed by atoms with Gasteiger partial charge in [0, 0.05) is 39.7 Å². The van der Waals surface area contributed by atoms with Gasteiger partial charge in [-0.3, -0.25) is 8.93 Å². The third-order valence-electron chi connectivity index (χ3n) is 8.46. The number of nitrogens with one attached hydrogen (secondary N) is 4. The molecule has 1 unspecified atom stereocenters. The lowest BCUT2D eigenvalue weighted by atomic mass is 9.86. The maximum Gasteiger partial charge on any atom is 0.329 e. The number of aliphatic carboxylic acids is 1. The van der Waals surface area contributed by atoms with E-state index in [9.17, 15) is 22.2 Å². The van der Waals surface area contributed by atoms with E-state index < -0.39 is 39.4 Å². The molecule has 1 aromatic heterocycles. The zero-order valence-electron chi connectivity index (χ0n) is 33.4. The number of rotatable bonds is 19. The molecule has 2 amide bonds. The number of nitrogens with zero attached hydrogens (tertiary/aromatic N) is 1. The van der Waals surface area contributed by atoms with Crippen LogP contribution in [0.2, 0.25) is 0 Å². The number of fused-ring (bicyclic) bond motifs is 1. The van der Waals surface area contributed by atoms with Crippen LogP contribution in [0.4, 0.5) is 33.4 Å². The number of hydrogen-bond donors (Lipinski definition) is 5. The van der Waals surface area contributed by atoms with Gasteiger partial charge in [0.05, 0.1) is 73.9 Å². The summed E-state index contributed by atoms with van der Waals surface area (Å²) in [6.07, 6.45) is 2.62. The van der Waals surface area contributed by atoms with Gasteiger partial charge in [-0.05, 0) is 53.4 Å². The predicted molar refractivity (Wildman–Crippen MR) is 228 cm³/mol. The predicted octanol–water partition coefficient (Wildman–Crippen LogP) is 7.33. The molecule has 0 aliphatic carbocycles. The van der Waals surface area contributed by atoms with Gasteiger partial charge in [-0.1, -0.05) is 45.0 Å². The molecule has 0 radical (unpaired) electrons. The average Bonchev–Trinajstić information content (AvgIpc) is 3.17. The maximum atomic E-state index is 13.5. The number of pyridine rings is 1. The number of amides is 2. The first-order valence-corrected chi connectivity index (χ1v) is 21.4. The Bertz CT molecular complexity index is 2440. The molecule has 16 nitrogen and oxygen atoms in total. The minimum Gasteiger partial charge on any atom is -0.497 e. The van der Waals surface area contributed by atoms with Crippen molar-refractivity contribution >= 4 is 72.2 Å². The Labute approximate surface area is 345 Å². The number of urea groups is 1. The van der Waals surface area contributed by atoms with Crippen LogP contribution in [0, 0.1) is 0 Å². The number of methoxy groups -OCH3 is 2. The molecule has 314 valence electrons. The van der Waals surface area contributed by atoms with E-state index in [0.717, 1.165) is 11.8 Å². The lowest BCUT2D eigenvalue weighted by molar-refractivity contribution is -0.142. The van der Waals surface area contributed by atoms with E-state index in [1.807, 2.05) is 45.0 Å². The third kappa shape index (κ3) is 12.8. The molecule has 0 saturated heterocycles. The van der Waals surface area contributed by atoms with Crippen molar-refractivity contribution in [1.82, 2.24) is 4.98 Å². The number of aromatic nitrogens is 1. The Morgan fingerprint density at radius 1 is 0.814 bits per heavy atom. The zero-order valence-corrected chi connectivity index (χ0v) is 35.0. The molecule has 0 aliphatic rings. The van der Waals surface area contributed by atoms with E-state index in [4.69, 9.17) is 28.8 Å². The molecule has 0 spiro atoms. The Kier molecular flexibility index (Phi) is 14.7. The minimum absolute atomic E-state index is 0.113. The standard InChI is InChI=1S/C41H47N5O11S2/c1-41(2,3)26-19-34(39(54-5)35(20-26)46-59(6,51)52)45-40(49)44-33-11-12-36(32-10-8-7-9-31(32)33)57-28-13-14-42-37(24-28)43-27-21-29(53-4)23-30(22-27)58(50)18-17-55-15-16-56-25-38(47)48/h7-14,19-24,46H,15-18,25H2,1-6H3,(H,42,43)(H,47,48)(H2,44,45,49). The van der Waals surface area contributed by atoms with Gasteiger partial charge < -0.3 is 44.7 Å². The molecule has 59 heavy (non-hydrogen) atoms. The Balaban J connectivity index is 1.30. The summed E-state index contributed by atoms with van der Waals surface area (Å²) in [5.41, 5.74) is 1.92. The Hall–Kier alpha value is -5.95. The molecule has 0 fully saturated rings. The van der Waals surface area contributed by atoms with Gasteiger partial charge in [-0.2, -0.15) is 0 Å². The highest BCUT2D eigenvalue weighted by molar-refractivity contribution is 7.92. The van der Waals surface area contributed by atoms with Crippen LogP contribution < -0.4 is 34.9 Å². The molecule has 5 aromatic rings. The van der Waals surface area contributed by atoms with Crippen molar-refractivity contribution in [2.75, 3.05) is 73.3 Å². The van der Waals surface area contributed by atoms with Crippen LogP contribution in [-0.4, -0.2) is 87.4 Å². The number of benzene rings is 4. The normalized spacial score (nSPS) is 12.0. The van der Waals surface area contributed by atoms with Crippen molar-refractivity contribution in [3.8, 4) is 23.0 Å². The molecule has 0 aliphatic heterocycles. The second kappa shape index (κ2) is 19.7. The molecule has 0 bridgehead atoms. The summed E-state index contributed by atoms with van der Waals surface area (Å²) in [7, 11) is -2.19. The number of sulfonamides is 1. The minimum atomic E-state index is -3.66. The largest absolute Gasteiger partial charge is 0.497 e. The van der Waals surface area contributed by atoms with Crippen LogP contribution in [0.1, 0.15) is 26.3 Å². The van der Waals surface area contributed by atoms with E-state index in [-0.39, 0.29) is 48.1 Å². The van der Waals surface area contributed by atoms with Gasteiger partial charge in [-0.15, -0.1) is 0 Å². The van der Waals surface area contributed by atoms with Crippen molar-refractivity contribution < 1.29 is 51.0 Å². The topological polar surface area (TPSA) is 213 Å². The fourth-order valence-electron chi connectivity index (χ4n) is 5.74. The highest BCUT2D eigenvalue weighted by Crippen LogP contribution is 2.40. The lowest BCUT2D eigenvalue weighted by Crippen LogP contribution is -2.22. The molecular weight excluding hydrogens is 803 g/mol. The molecule has 5 N–H and O–H groups in total. The van der Waals surface area contributed by atoms with Gasteiger partial charge in [0.15, 0.2) is 5.75 Å². The first-order chi connectivity index (χ1) is 28.0. The summed E-state index contributed by atoms with van der Waals surface area (Å²) in [6, 6.07) is 22.2. The molecule has 1 atom stereocenters. The zero-order chi connectivity index (χ0) is 42.7. The van der Waals surface area contributed by atoms with Gasteiger partial charge in [0.1, 0.15) is 29.7 Å². The van der Waals surface area contributed by atoms with Crippen LogP contribution in [-0.2, 0) is 40.5 Å². The monoisotopic (exact) mass is 849 g/mol. The quantitative estimate of drug-likeness (QED) is 0.0516. The first-order valence-electron chi connectivity index (χ1n) is 18.2. The van der Waals surface area contributed by atoms with Gasteiger partial charge in [-0.25, -0.2) is 23.0 Å². The van der Waals surface area contributed by atoms with Crippen molar-refractivity contribution in [3.63, 3.8) is 0 Å². The fourth-order valence-corrected chi connectivity index (χ4v) is 7.30. The van der Waals surface area contributed by atoms with E-state index in [1.165, 1.54) is 14.2 Å². The average molecular weight is 850 g/mol.